The molecule has 0 heterocycles. The molecule has 0 amide bonds. The molecule has 0 fully saturated rings. The molecule has 0 aliphatic rings. The average Bonchev–Trinajstić information content (AvgIpc) is 2.47. The fraction of sp³-hybridized carbons (Fsp3) is 0.667. The summed E-state index contributed by atoms with van der Waals surface area (Å²) in [5.74, 6) is 1.16. The second-order valence-electron chi connectivity index (χ2n) is 6.00. The van der Waals surface area contributed by atoms with Gasteiger partial charge in [0.1, 0.15) is 0 Å². The van der Waals surface area contributed by atoms with E-state index in [0.29, 0.717) is 17.8 Å². The summed E-state index contributed by atoms with van der Waals surface area (Å²) in [5.41, 5.74) is 3.99. The van der Waals surface area contributed by atoms with Crippen molar-refractivity contribution in [2.24, 2.45) is 0 Å². The average molecular weight is 294 g/mol. The molecule has 0 aliphatic carbocycles. The summed E-state index contributed by atoms with van der Waals surface area (Å²) in [7, 11) is 5.26. The third-order valence-corrected chi connectivity index (χ3v) is 3.96. The summed E-state index contributed by atoms with van der Waals surface area (Å²) < 4.78 is 15.9. The van der Waals surface area contributed by atoms with Crippen molar-refractivity contribution in [1.29, 1.82) is 0 Å². The summed E-state index contributed by atoms with van der Waals surface area (Å²) in [4.78, 5) is 0. The maximum atomic E-state index is 5.30. The van der Waals surface area contributed by atoms with Gasteiger partial charge in [-0.15, -0.1) is 0 Å². The van der Waals surface area contributed by atoms with Crippen molar-refractivity contribution in [3.8, 4) is 0 Å². The monoisotopic (exact) mass is 294 g/mol. The SMILES string of the molecule is COCC(C)c1cc(C(C)COC)cc(C(C)COC)c1. The minimum Gasteiger partial charge on any atom is -0.384 e. The molecule has 0 bridgehead atoms. The van der Waals surface area contributed by atoms with Crippen LogP contribution in [0.3, 0.4) is 0 Å². The van der Waals surface area contributed by atoms with Gasteiger partial charge in [0.15, 0.2) is 0 Å². The van der Waals surface area contributed by atoms with Gasteiger partial charge in [-0.3, -0.25) is 0 Å². The first kappa shape index (κ1) is 18.1. The van der Waals surface area contributed by atoms with E-state index in [1.54, 1.807) is 21.3 Å². The molecule has 0 aromatic heterocycles. The molecule has 0 spiro atoms. The van der Waals surface area contributed by atoms with Crippen LogP contribution in [0.2, 0.25) is 0 Å². The van der Waals surface area contributed by atoms with Crippen molar-refractivity contribution in [2.75, 3.05) is 41.2 Å². The van der Waals surface area contributed by atoms with E-state index >= 15 is 0 Å². The van der Waals surface area contributed by atoms with Crippen LogP contribution in [0.15, 0.2) is 18.2 Å². The van der Waals surface area contributed by atoms with Crippen LogP contribution >= 0.6 is 0 Å². The first-order valence-electron chi connectivity index (χ1n) is 7.65. The lowest BCUT2D eigenvalue weighted by atomic mass is 9.89. The van der Waals surface area contributed by atoms with Crippen LogP contribution in [0, 0.1) is 0 Å². The standard InChI is InChI=1S/C18H30O3/c1-13(10-19-4)16-7-17(14(2)11-20-5)9-18(8-16)15(3)12-21-6/h7-9,13-15H,10-12H2,1-6H3. The molecule has 1 aromatic rings. The van der Waals surface area contributed by atoms with E-state index in [0.717, 1.165) is 19.8 Å². The van der Waals surface area contributed by atoms with Crippen molar-refractivity contribution in [1.82, 2.24) is 0 Å². The van der Waals surface area contributed by atoms with Gasteiger partial charge in [0.05, 0.1) is 19.8 Å². The molecule has 3 unspecified atom stereocenters. The van der Waals surface area contributed by atoms with Gasteiger partial charge in [-0.2, -0.15) is 0 Å². The van der Waals surface area contributed by atoms with Crippen LogP contribution in [0.25, 0.3) is 0 Å². The van der Waals surface area contributed by atoms with Crippen LogP contribution in [-0.4, -0.2) is 41.2 Å². The first-order valence-corrected chi connectivity index (χ1v) is 7.65. The maximum absolute atomic E-state index is 5.30. The highest BCUT2D eigenvalue weighted by molar-refractivity contribution is 5.36. The normalized spacial score (nSPS) is 15.7. The van der Waals surface area contributed by atoms with E-state index < -0.39 is 0 Å². The minimum atomic E-state index is 0.387. The zero-order valence-corrected chi connectivity index (χ0v) is 14.3. The zero-order chi connectivity index (χ0) is 15.8. The zero-order valence-electron chi connectivity index (χ0n) is 14.3. The van der Waals surface area contributed by atoms with Gasteiger partial charge in [0, 0.05) is 39.1 Å². The summed E-state index contributed by atoms with van der Waals surface area (Å²) in [6.07, 6.45) is 0. The molecule has 0 N–H and O–H groups in total. The van der Waals surface area contributed by atoms with E-state index in [1.165, 1.54) is 16.7 Å². The second-order valence-corrected chi connectivity index (χ2v) is 6.00. The Morgan fingerprint density at radius 1 is 0.619 bits per heavy atom. The Labute approximate surface area is 129 Å². The smallest absolute Gasteiger partial charge is 0.0528 e. The lowest BCUT2D eigenvalue weighted by Crippen LogP contribution is -2.09. The first-order chi connectivity index (χ1) is 10.0. The summed E-state index contributed by atoms with van der Waals surface area (Å²) in [6.45, 7) is 8.82. The van der Waals surface area contributed by atoms with E-state index in [2.05, 4.69) is 39.0 Å². The van der Waals surface area contributed by atoms with Crippen LogP contribution in [0.4, 0.5) is 0 Å². The van der Waals surface area contributed by atoms with Crippen LogP contribution in [0.1, 0.15) is 55.2 Å². The summed E-state index contributed by atoms with van der Waals surface area (Å²) >= 11 is 0. The molecule has 120 valence electrons. The predicted molar refractivity (Wildman–Crippen MR) is 87.3 cm³/mol. The van der Waals surface area contributed by atoms with Crippen molar-refractivity contribution in [3.05, 3.63) is 34.9 Å². The molecule has 3 atom stereocenters. The van der Waals surface area contributed by atoms with Gasteiger partial charge >= 0.3 is 0 Å². The van der Waals surface area contributed by atoms with Gasteiger partial charge in [0.25, 0.3) is 0 Å². The van der Waals surface area contributed by atoms with E-state index in [4.69, 9.17) is 14.2 Å². The molecule has 1 aromatic carbocycles. The lowest BCUT2D eigenvalue weighted by Gasteiger charge is -2.20. The largest absolute Gasteiger partial charge is 0.384 e. The Hall–Kier alpha value is -0.900. The van der Waals surface area contributed by atoms with Crippen molar-refractivity contribution < 1.29 is 14.2 Å². The maximum Gasteiger partial charge on any atom is 0.0528 e. The molecule has 21 heavy (non-hydrogen) atoms. The molecule has 0 aliphatic heterocycles. The second kappa shape index (κ2) is 9.19. The van der Waals surface area contributed by atoms with Gasteiger partial charge < -0.3 is 14.2 Å². The molecule has 3 nitrogen and oxygen atoms in total. The quantitative estimate of drug-likeness (QED) is 0.690. The molecule has 0 saturated heterocycles. The number of rotatable bonds is 9. The van der Waals surface area contributed by atoms with Gasteiger partial charge in [-0.05, 0) is 16.7 Å². The molecular weight excluding hydrogens is 264 g/mol. The van der Waals surface area contributed by atoms with Crippen LogP contribution in [-0.2, 0) is 14.2 Å². The van der Waals surface area contributed by atoms with Crippen molar-refractivity contribution >= 4 is 0 Å². The Balaban J connectivity index is 3.12. The Bertz CT molecular complexity index is 343. The predicted octanol–water partition coefficient (Wildman–Crippen LogP) is 3.94. The Kier molecular flexibility index (Phi) is 7.94. The molecule has 0 saturated carbocycles. The Morgan fingerprint density at radius 2 is 0.857 bits per heavy atom. The van der Waals surface area contributed by atoms with E-state index in [1.807, 2.05) is 0 Å². The number of hydrogen-bond acceptors (Lipinski definition) is 3. The molecular formula is C18H30O3. The van der Waals surface area contributed by atoms with Crippen molar-refractivity contribution in [2.45, 2.75) is 38.5 Å². The van der Waals surface area contributed by atoms with E-state index in [-0.39, 0.29) is 0 Å². The van der Waals surface area contributed by atoms with Crippen LogP contribution in [0.5, 0.6) is 0 Å². The van der Waals surface area contributed by atoms with Gasteiger partial charge in [-0.25, -0.2) is 0 Å². The van der Waals surface area contributed by atoms with Crippen LogP contribution < -0.4 is 0 Å². The fourth-order valence-electron chi connectivity index (χ4n) is 2.59. The van der Waals surface area contributed by atoms with Crippen molar-refractivity contribution in [3.63, 3.8) is 0 Å². The van der Waals surface area contributed by atoms with E-state index in [9.17, 15) is 0 Å². The number of benzene rings is 1. The highest BCUT2D eigenvalue weighted by Gasteiger charge is 2.15. The summed E-state index contributed by atoms with van der Waals surface area (Å²) in [5, 5.41) is 0. The highest BCUT2D eigenvalue weighted by Crippen LogP contribution is 2.28. The number of ether oxygens (including phenoxy) is 3. The molecule has 0 radical (unpaired) electrons. The third kappa shape index (κ3) is 5.42. The number of hydrogen-bond donors (Lipinski definition) is 0. The fourth-order valence-corrected chi connectivity index (χ4v) is 2.59. The topological polar surface area (TPSA) is 27.7 Å². The third-order valence-electron chi connectivity index (χ3n) is 3.96. The minimum absolute atomic E-state index is 0.387. The van der Waals surface area contributed by atoms with Gasteiger partial charge in [0.2, 0.25) is 0 Å². The summed E-state index contributed by atoms with van der Waals surface area (Å²) in [6, 6.07) is 6.86. The Morgan fingerprint density at radius 3 is 1.05 bits per heavy atom. The van der Waals surface area contributed by atoms with Gasteiger partial charge in [-0.1, -0.05) is 39.0 Å². The number of methoxy groups -OCH3 is 3. The molecule has 3 heteroatoms. The highest BCUT2D eigenvalue weighted by atomic mass is 16.5. The molecule has 1 rings (SSSR count). The lowest BCUT2D eigenvalue weighted by molar-refractivity contribution is 0.180.